The zero-order chi connectivity index (χ0) is 8.85. The van der Waals surface area contributed by atoms with E-state index in [4.69, 9.17) is 5.11 Å². The van der Waals surface area contributed by atoms with Gasteiger partial charge in [-0.05, 0) is 6.92 Å². The highest BCUT2D eigenvalue weighted by molar-refractivity contribution is 5.85. The average Bonchev–Trinajstić information content (AvgIpc) is 1.86. The Bertz CT molecular complexity index is 197. The molecule has 0 saturated heterocycles. The molecule has 62 valence electrons. The van der Waals surface area contributed by atoms with Gasteiger partial charge < -0.3 is 5.11 Å². The van der Waals surface area contributed by atoms with Crippen molar-refractivity contribution in [1.29, 1.82) is 0 Å². The Hall–Kier alpha value is -1.39. The van der Waals surface area contributed by atoms with Gasteiger partial charge in [-0.15, -0.1) is 0 Å². The summed E-state index contributed by atoms with van der Waals surface area (Å²) in [6, 6.07) is 0. The lowest BCUT2D eigenvalue weighted by Gasteiger charge is -1.90. The second-order valence-corrected chi connectivity index (χ2v) is 2.04. The predicted molar refractivity (Wildman–Crippen MR) is 37.9 cm³/mol. The zero-order valence-electron chi connectivity index (χ0n) is 6.11. The van der Waals surface area contributed by atoms with E-state index in [0.29, 0.717) is 0 Å². The summed E-state index contributed by atoms with van der Waals surface area (Å²) >= 11 is 0. The van der Waals surface area contributed by atoms with Crippen molar-refractivity contribution in [3.63, 3.8) is 0 Å². The Balaban J connectivity index is 3.74. The molecule has 0 aromatic carbocycles. The summed E-state index contributed by atoms with van der Waals surface area (Å²) in [5, 5.41) is 18.1. The Labute approximate surface area is 63.5 Å². The Morgan fingerprint density at radius 1 is 1.73 bits per heavy atom. The van der Waals surface area contributed by atoms with E-state index < -0.39 is 10.9 Å². The second-order valence-electron chi connectivity index (χ2n) is 2.04. The van der Waals surface area contributed by atoms with E-state index in [1.165, 1.54) is 13.0 Å². The molecule has 11 heavy (non-hydrogen) atoms. The van der Waals surface area contributed by atoms with Gasteiger partial charge in [0.25, 0.3) is 0 Å². The Kier molecular flexibility index (Phi) is 3.87. The molecular weight excluding hydrogens is 150 g/mol. The molecule has 0 aliphatic carbocycles. The molecule has 0 spiro atoms. The molecule has 5 nitrogen and oxygen atoms in total. The van der Waals surface area contributed by atoms with Crippen molar-refractivity contribution in [3.8, 4) is 0 Å². The summed E-state index contributed by atoms with van der Waals surface area (Å²) in [6.45, 7) is 1.19. The minimum absolute atomic E-state index is 0.145. The van der Waals surface area contributed by atoms with E-state index in [1.54, 1.807) is 0 Å². The number of hydrogen-bond donors (Lipinski definition) is 1. The number of nitro groups is 1. The van der Waals surface area contributed by atoms with Gasteiger partial charge in [0.05, 0.1) is 0 Å². The van der Waals surface area contributed by atoms with E-state index in [2.05, 4.69) is 0 Å². The quantitative estimate of drug-likeness (QED) is 0.371. The van der Waals surface area contributed by atoms with Gasteiger partial charge in [0.15, 0.2) is 0 Å². The fraction of sp³-hybridized carbons (Fsp3) is 0.500. The molecule has 1 N–H and O–H groups in total. The van der Waals surface area contributed by atoms with E-state index in [0.717, 1.165) is 0 Å². The molecule has 0 amide bonds. The van der Waals surface area contributed by atoms with Crippen LogP contribution >= 0.6 is 0 Å². The van der Waals surface area contributed by atoms with E-state index in [-0.39, 0.29) is 18.5 Å². The first-order valence-electron chi connectivity index (χ1n) is 3.06. The third kappa shape index (κ3) is 5.07. The van der Waals surface area contributed by atoms with Crippen molar-refractivity contribution >= 4 is 5.97 Å². The minimum atomic E-state index is -1.03. The summed E-state index contributed by atoms with van der Waals surface area (Å²) in [5.74, 6) is -1.03. The normalized spacial score (nSPS) is 11.2. The van der Waals surface area contributed by atoms with E-state index >= 15 is 0 Å². The molecule has 5 heteroatoms. The number of rotatable bonds is 4. The van der Waals surface area contributed by atoms with Crippen molar-refractivity contribution in [2.24, 2.45) is 0 Å². The SMILES string of the molecule is CC(=CCC[N+](=O)[O-])C(=O)O. The minimum Gasteiger partial charge on any atom is -0.478 e. The Morgan fingerprint density at radius 2 is 2.27 bits per heavy atom. The Morgan fingerprint density at radius 3 is 2.64 bits per heavy atom. The van der Waals surface area contributed by atoms with Crippen LogP contribution in [0, 0.1) is 10.1 Å². The number of carboxylic acids is 1. The molecule has 0 atom stereocenters. The summed E-state index contributed by atoms with van der Waals surface area (Å²) in [6.07, 6.45) is 1.51. The maximum absolute atomic E-state index is 10.1. The van der Waals surface area contributed by atoms with Gasteiger partial charge in [-0.2, -0.15) is 0 Å². The zero-order valence-corrected chi connectivity index (χ0v) is 6.11. The first kappa shape index (κ1) is 9.61. The van der Waals surface area contributed by atoms with Crippen LogP contribution in [0.1, 0.15) is 13.3 Å². The summed E-state index contributed by atoms with van der Waals surface area (Å²) in [5.41, 5.74) is 0.145. The molecule has 0 saturated carbocycles. The second kappa shape index (κ2) is 4.43. The van der Waals surface area contributed by atoms with Gasteiger partial charge in [0, 0.05) is 16.9 Å². The predicted octanol–water partition coefficient (Wildman–Crippen LogP) is 0.684. The lowest BCUT2D eigenvalue weighted by molar-refractivity contribution is -0.478. The van der Waals surface area contributed by atoms with Crippen molar-refractivity contribution in [2.45, 2.75) is 13.3 Å². The van der Waals surface area contributed by atoms with Gasteiger partial charge in [-0.1, -0.05) is 6.08 Å². The highest BCUT2D eigenvalue weighted by Crippen LogP contribution is 1.94. The van der Waals surface area contributed by atoms with E-state index in [1.807, 2.05) is 0 Å². The molecular formula is C6H9NO4. The van der Waals surface area contributed by atoms with Crippen LogP contribution in [0.4, 0.5) is 0 Å². The maximum atomic E-state index is 10.1. The number of aliphatic carboxylic acids is 1. The summed E-state index contributed by atoms with van der Waals surface area (Å²) in [4.78, 5) is 19.4. The van der Waals surface area contributed by atoms with Gasteiger partial charge in [-0.25, -0.2) is 4.79 Å². The van der Waals surface area contributed by atoms with Crippen LogP contribution in [0.15, 0.2) is 11.6 Å². The number of carboxylic acid groups (broad SMARTS) is 1. The van der Waals surface area contributed by atoms with Gasteiger partial charge in [-0.3, -0.25) is 10.1 Å². The molecule has 0 bridgehead atoms. The molecule has 0 unspecified atom stereocenters. The van der Waals surface area contributed by atoms with Crippen LogP contribution in [0.5, 0.6) is 0 Å². The fourth-order valence-electron chi connectivity index (χ4n) is 0.474. The number of carbonyl (C=O) groups is 1. The van der Waals surface area contributed by atoms with Crippen molar-refractivity contribution in [2.75, 3.05) is 6.54 Å². The highest BCUT2D eigenvalue weighted by atomic mass is 16.6. The van der Waals surface area contributed by atoms with Crippen LogP contribution in [0.25, 0.3) is 0 Å². The first-order chi connectivity index (χ1) is 5.04. The van der Waals surface area contributed by atoms with Crippen LogP contribution in [-0.4, -0.2) is 22.5 Å². The molecule has 0 radical (unpaired) electrons. The standard InChI is InChI=1S/C6H9NO4/c1-5(6(8)9)3-2-4-7(10)11/h3H,2,4H2,1H3,(H,8,9). The number of nitrogens with zero attached hydrogens (tertiary/aromatic N) is 1. The highest BCUT2D eigenvalue weighted by Gasteiger charge is 1.99. The molecule has 0 fully saturated rings. The lowest BCUT2D eigenvalue weighted by atomic mass is 10.2. The van der Waals surface area contributed by atoms with Gasteiger partial charge >= 0.3 is 5.97 Å². The topological polar surface area (TPSA) is 80.4 Å². The van der Waals surface area contributed by atoms with Gasteiger partial charge in [0.1, 0.15) is 0 Å². The average molecular weight is 159 g/mol. The third-order valence-corrected chi connectivity index (χ3v) is 1.10. The third-order valence-electron chi connectivity index (χ3n) is 1.10. The van der Waals surface area contributed by atoms with Crippen LogP contribution < -0.4 is 0 Å². The summed E-state index contributed by atoms with van der Waals surface area (Å²) in [7, 11) is 0. The van der Waals surface area contributed by atoms with Crippen molar-refractivity contribution in [1.82, 2.24) is 0 Å². The molecule has 0 aromatic rings. The van der Waals surface area contributed by atoms with Crippen LogP contribution in [0.2, 0.25) is 0 Å². The van der Waals surface area contributed by atoms with Crippen LogP contribution in [-0.2, 0) is 4.79 Å². The lowest BCUT2D eigenvalue weighted by Crippen LogP contribution is -2.01. The smallest absolute Gasteiger partial charge is 0.330 e. The van der Waals surface area contributed by atoms with Crippen LogP contribution in [0.3, 0.4) is 0 Å². The maximum Gasteiger partial charge on any atom is 0.330 e. The molecule has 0 heterocycles. The molecule has 0 aliphatic heterocycles. The fourth-order valence-corrected chi connectivity index (χ4v) is 0.474. The van der Waals surface area contributed by atoms with Crippen molar-refractivity contribution in [3.05, 3.63) is 21.8 Å². The first-order valence-corrected chi connectivity index (χ1v) is 3.06. The largest absolute Gasteiger partial charge is 0.478 e. The van der Waals surface area contributed by atoms with Crippen molar-refractivity contribution < 1.29 is 14.8 Å². The monoisotopic (exact) mass is 159 g/mol. The van der Waals surface area contributed by atoms with E-state index in [9.17, 15) is 14.9 Å². The number of hydrogen-bond acceptors (Lipinski definition) is 3. The molecule has 0 aliphatic rings. The molecule has 0 rings (SSSR count). The summed E-state index contributed by atoms with van der Waals surface area (Å²) < 4.78 is 0. The van der Waals surface area contributed by atoms with Gasteiger partial charge in [0.2, 0.25) is 6.54 Å². The molecule has 0 aromatic heterocycles.